The fraction of sp³-hybridized carbons (Fsp3) is 0.286. The summed E-state index contributed by atoms with van der Waals surface area (Å²) < 4.78 is 0. The molecular formula is C21H29NO. The number of aromatic nitrogens is 1. The van der Waals surface area contributed by atoms with Gasteiger partial charge in [-0.25, -0.2) is 0 Å². The molecule has 0 bridgehead atoms. The van der Waals surface area contributed by atoms with Gasteiger partial charge in [0.25, 0.3) is 0 Å². The first-order valence-corrected chi connectivity index (χ1v) is 7.95. The van der Waals surface area contributed by atoms with Crippen LogP contribution in [0.1, 0.15) is 30.8 Å². The summed E-state index contributed by atoms with van der Waals surface area (Å²) in [5, 5.41) is 9.62. The Bertz CT molecular complexity index is 562. The predicted octanol–water partition coefficient (Wildman–Crippen LogP) is 5.48. The zero-order valence-electron chi connectivity index (χ0n) is 15.2. The fourth-order valence-corrected chi connectivity index (χ4v) is 2.18. The molecule has 1 heterocycles. The minimum Gasteiger partial charge on any atom is -0.400 e. The van der Waals surface area contributed by atoms with Crippen molar-refractivity contribution in [1.29, 1.82) is 0 Å². The number of hydrogen-bond acceptors (Lipinski definition) is 2. The number of aryl methyl sites for hydroxylation is 3. The van der Waals surface area contributed by atoms with Crippen molar-refractivity contribution >= 4 is 10.8 Å². The molecule has 23 heavy (non-hydrogen) atoms. The zero-order valence-corrected chi connectivity index (χ0v) is 15.2. The lowest BCUT2D eigenvalue weighted by Gasteiger charge is -1.96. The molecule has 3 rings (SSSR count). The first kappa shape index (κ1) is 20.8. The molecule has 0 amide bonds. The lowest BCUT2D eigenvalue weighted by atomic mass is 10.1. The molecule has 0 aliphatic carbocycles. The van der Waals surface area contributed by atoms with Crippen molar-refractivity contribution in [2.24, 2.45) is 0 Å². The Kier molecular flexibility index (Phi) is 11.2. The number of aliphatic hydroxyl groups excluding tert-OH is 1. The highest BCUT2D eigenvalue weighted by Crippen LogP contribution is 2.11. The zero-order chi connectivity index (χ0) is 17.7. The van der Waals surface area contributed by atoms with Crippen molar-refractivity contribution in [3.05, 3.63) is 77.6 Å². The molecule has 124 valence electrons. The average Bonchev–Trinajstić information content (AvgIpc) is 2.58. The van der Waals surface area contributed by atoms with Crippen molar-refractivity contribution in [3.63, 3.8) is 0 Å². The highest BCUT2D eigenvalue weighted by molar-refractivity contribution is 5.81. The van der Waals surface area contributed by atoms with E-state index in [0.717, 1.165) is 18.5 Å². The van der Waals surface area contributed by atoms with Crippen molar-refractivity contribution < 1.29 is 5.11 Å². The Labute approximate surface area is 140 Å². The summed E-state index contributed by atoms with van der Waals surface area (Å²) in [7, 11) is 1.00. The number of benzene rings is 2. The molecule has 0 atom stereocenters. The van der Waals surface area contributed by atoms with E-state index in [9.17, 15) is 0 Å². The molecule has 0 aliphatic rings. The largest absolute Gasteiger partial charge is 0.400 e. The number of pyridine rings is 1. The summed E-state index contributed by atoms with van der Waals surface area (Å²) >= 11 is 0. The third kappa shape index (κ3) is 8.12. The first-order valence-electron chi connectivity index (χ1n) is 7.95. The van der Waals surface area contributed by atoms with E-state index in [1.807, 2.05) is 27.7 Å². The standard InChI is InChI=1S/C10H8.C8H11N.C2H6.CH4O/c1-2-6-10-8-4-3-7-9(10)5-1;1-6-4-7(2)9-8(3)5-6;2*1-2/h1-8H;4-5H,1-3H3;1-2H3;2H,1H3. The summed E-state index contributed by atoms with van der Waals surface area (Å²) in [6.45, 7) is 10.1. The van der Waals surface area contributed by atoms with Crippen LogP contribution in [0.3, 0.4) is 0 Å². The van der Waals surface area contributed by atoms with Crippen LogP contribution in [0.15, 0.2) is 60.7 Å². The van der Waals surface area contributed by atoms with Gasteiger partial charge in [0.2, 0.25) is 0 Å². The smallest absolute Gasteiger partial charge is 0.0378 e. The fourth-order valence-electron chi connectivity index (χ4n) is 2.18. The molecular weight excluding hydrogens is 282 g/mol. The number of hydrogen-bond donors (Lipinski definition) is 1. The lowest BCUT2D eigenvalue weighted by molar-refractivity contribution is 0.399. The van der Waals surface area contributed by atoms with E-state index in [4.69, 9.17) is 5.11 Å². The topological polar surface area (TPSA) is 33.1 Å². The van der Waals surface area contributed by atoms with Crippen LogP contribution in [0, 0.1) is 20.8 Å². The maximum absolute atomic E-state index is 7.00. The monoisotopic (exact) mass is 311 g/mol. The van der Waals surface area contributed by atoms with E-state index in [-0.39, 0.29) is 0 Å². The maximum Gasteiger partial charge on any atom is 0.0378 e. The van der Waals surface area contributed by atoms with Crippen molar-refractivity contribution in [2.75, 3.05) is 7.11 Å². The van der Waals surface area contributed by atoms with Crippen molar-refractivity contribution in [3.8, 4) is 0 Å². The number of rotatable bonds is 0. The maximum atomic E-state index is 7.00. The van der Waals surface area contributed by atoms with Gasteiger partial charge in [0.1, 0.15) is 0 Å². The van der Waals surface area contributed by atoms with Gasteiger partial charge in [-0.15, -0.1) is 0 Å². The Morgan fingerprint density at radius 3 is 1.22 bits per heavy atom. The van der Waals surface area contributed by atoms with Gasteiger partial charge in [-0.1, -0.05) is 62.4 Å². The van der Waals surface area contributed by atoms with Crippen molar-refractivity contribution in [2.45, 2.75) is 34.6 Å². The van der Waals surface area contributed by atoms with E-state index in [1.54, 1.807) is 0 Å². The first-order chi connectivity index (χ1) is 11.1. The summed E-state index contributed by atoms with van der Waals surface area (Å²) in [6.07, 6.45) is 0. The molecule has 0 saturated heterocycles. The van der Waals surface area contributed by atoms with Crippen molar-refractivity contribution in [1.82, 2.24) is 4.98 Å². The summed E-state index contributed by atoms with van der Waals surface area (Å²) in [5.74, 6) is 0. The second-order valence-corrected chi connectivity index (χ2v) is 4.77. The van der Waals surface area contributed by atoms with E-state index in [0.29, 0.717) is 0 Å². The van der Waals surface area contributed by atoms with Crippen LogP contribution in [0.5, 0.6) is 0 Å². The highest BCUT2D eigenvalue weighted by atomic mass is 16.2. The number of fused-ring (bicyclic) bond motifs is 1. The van der Waals surface area contributed by atoms with E-state index < -0.39 is 0 Å². The molecule has 2 aromatic carbocycles. The SMILES string of the molecule is CC.CO.Cc1cc(C)nc(C)c1.c1ccc2ccccc2c1. The van der Waals surface area contributed by atoms with Crippen LogP contribution < -0.4 is 0 Å². The van der Waals surface area contributed by atoms with Crippen LogP contribution >= 0.6 is 0 Å². The van der Waals surface area contributed by atoms with Gasteiger partial charge in [0.05, 0.1) is 0 Å². The third-order valence-corrected chi connectivity index (χ3v) is 2.88. The quantitative estimate of drug-likeness (QED) is 0.596. The van der Waals surface area contributed by atoms with Crippen LogP contribution in [-0.2, 0) is 0 Å². The predicted molar refractivity (Wildman–Crippen MR) is 102 cm³/mol. The van der Waals surface area contributed by atoms with Crippen LogP contribution in [0.4, 0.5) is 0 Å². The molecule has 1 aromatic heterocycles. The Balaban J connectivity index is 0.000000349. The molecule has 0 aliphatic heterocycles. The molecule has 3 aromatic rings. The van der Waals surface area contributed by atoms with E-state index in [2.05, 4.69) is 72.6 Å². The second kappa shape index (κ2) is 12.4. The molecule has 2 nitrogen and oxygen atoms in total. The molecule has 0 saturated carbocycles. The third-order valence-electron chi connectivity index (χ3n) is 2.88. The lowest BCUT2D eigenvalue weighted by Crippen LogP contribution is -1.85. The van der Waals surface area contributed by atoms with Gasteiger partial charge in [0.15, 0.2) is 0 Å². The summed E-state index contributed by atoms with van der Waals surface area (Å²) in [6, 6.07) is 20.9. The van der Waals surface area contributed by atoms with Gasteiger partial charge in [-0.2, -0.15) is 0 Å². The molecule has 0 unspecified atom stereocenters. The van der Waals surface area contributed by atoms with Gasteiger partial charge < -0.3 is 5.11 Å². The molecule has 0 spiro atoms. The Morgan fingerprint density at radius 2 is 0.957 bits per heavy atom. The van der Waals surface area contributed by atoms with Crippen LogP contribution in [0.25, 0.3) is 10.8 Å². The normalized spacial score (nSPS) is 8.65. The molecule has 1 N–H and O–H groups in total. The minimum atomic E-state index is 1.00. The second-order valence-electron chi connectivity index (χ2n) is 4.77. The minimum absolute atomic E-state index is 1.00. The van der Waals surface area contributed by atoms with Gasteiger partial charge in [0, 0.05) is 18.5 Å². The molecule has 0 radical (unpaired) electrons. The van der Waals surface area contributed by atoms with E-state index >= 15 is 0 Å². The van der Waals surface area contributed by atoms with Gasteiger partial charge in [-0.3, -0.25) is 4.98 Å². The summed E-state index contributed by atoms with van der Waals surface area (Å²) in [4.78, 5) is 4.23. The van der Waals surface area contributed by atoms with Crippen LogP contribution in [-0.4, -0.2) is 17.2 Å². The Hall–Kier alpha value is -2.19. The molecule has 0 fully saturated rings. The summed E-state index contributed by atoms with van der Waals surface area (Å²) in [5.41, 5.74) is 3.50. The van der Waals surface area contributed by atoms with Crippen LogP contribution in [0.2, 0.25) is 0 Å². The van der Waals surface area contributed by atoms with Gasteiger partial charge in [-0.05, 0) is 49.2 Å². The number of nitrogens with zero attached hydrogens (tertiary/aromatic N) is 1. The van der Waals surface area contributed by atoms with E-state index in [1.165, 1.54) is 16.3 Å². The number of aliphatic hydroxyl groups is 1. The Morgan fingerprint density at radius 1 is 0.652 bits per heavy atom. The highest BCUT2D eigenvalue weighted by Gasteiger charge is 1.89. The van der Waals surface area contributed by atoms with Gasteiger partial charge >= 0.3 is 0 Å². The average molecular weight is 311 g/mol. The molecule has 2 heteroatoms.